The second-order valence-corrected chi connectivity index (χ2v) is 4.93. The minimum absolute atomic E-state index is 0.125. The molecule has 0 amide bonds. The summed E-state index contributed by atoms with van der Waals surface area (Å²) >= 11 is 0. The summed E-state index contributed by atoms with van der Waals surface area (Å²) in [6.07, 6.45) is 1.47. The normalized spacial score (nSPS) is 11.3. The van der Waals surface area contributed by atoms with E-state index < -0.39 is 17.2 Å². The van der Waals surface area contributed by atoms with Crippen LogP contribution >= 0.6 is 0 Å². The first kappa shape index (κ1) is 12.6. The number of rotatable bonds is 1. The molecule has 0 spiro atoms. The zero-order valence-corrected chi connectivity index (χ0v) is 11.2. The summed E-state index contributed by atoms with van der Waals surface area (Å²) in [4.78, 5) is 12.2. The highest BCUT2D eigenvalue weighted by molar-refractivity contribution is 5.95. The zero-order chi connectivity index (χ0) is 15.3. The molecule has 0 aliphatic heterocycles. The lowest BCUT2D eigenvalue weighted by molar-refractivity contribution is 0.431. The van der Waals surface area contributed by atoms with E-state index in [4.69, 9.17) is 8.83 Å². The lowest BCUT2D eigenvalue weighted by Gasteiger charge is -2.02. The second-order valence-electron chi connectivity index (χ2n) is 4.93. The van der Waals surface area contributed by atoms with Gasteiger partial charge >= 0.3 is 5.63 Å². The number of phenols is 1. The van der Waals surface area contributed by atoms with Crippen LogP contribution in [0, 0.1) is 5.82 Å². The van der Waals surface area contributed by atoms with E-state index in [9.17, 15) is 14.3 Å². The fourth-order valence-corrected chi connectivity index (χ4v) is 2.50. The van der Waals surface area contributed by atoms with Gasteiger partial charge in [-0.25, -0.2) is 9.18 Å². The van der Waals surface area contributed by atoms with Gasteiger partial charge in [0.2, 0.25) is 0 Å². The molecule has 0 aliphatic rings. The molecule has 1 N–H and O–H groups in total. The van der Waals surface area contributed by atoms with Gasteiger partial charge in [-0.1, -0.05) is 18.2 Å². The molecular formula is C17H9FO4. The number of fused-ring (bicyclic) bond motifs is 2. The van der Waals surface area contributed by atoms with E-state index >= 15 is 0 Å². The molecule has 2 aromatic heterocycles. The second kappa shape index (κ2) is 4.46. The molecule has 2 heterocycles. The van der Waals surface area contributed by atoms with Crippen LogP contribution in [0.4, 0.5) is 4.39 Å². The van der Waals surface area contributed by atoms with Crippen LogP contribution in [0.15, 0.2) is 62.4 Å². The Morgan fingerprint density at radius 1 is 1.00 bits per heavy atom. The highest BCUT2D eigenvalue weighted by atomic mass is 19.1. The molecule has 108 valence electrons. The summed E-state index contributed by atoms with van der Waals surface area (Å²) in [6, 6.07) is 11.0. The minimum atomic E-state index is -0.774. The summed E-state index contributed by atoms with van der Waals surface area (Å²) in [5, 5.41) is 10.5. The summed E-state index contributed by atoms with van der Waals surface area (Å²) in [7, 11) is 0. The van der Waals surface area contributed by atoms with Crippen molar-refractivity contribution in [1.29, 1.82) is 0 Å². The van der Waals surface area contributed by atoms with Gasteiger partial charge in [0.1, 0.15) is 11.2 Å². The van der Waals surface area contributed by atoms with Crippen molar-refractivity contribution in [2.75, 3.05) is 0 Å². The Kier molecular flexibility index (Phi) is 2.56. The molecule has 0 saturated heterocycles. The maximum atomic E-state index is 13.5. The number of halogens is 1. The van der Waals surface area contributed by atoms with Crippen molar-refractivity contribution in [3.63, 3.8) is 0 Å². The number of hydrogen-bond acceptors (Lipinski definition) is 4. The first-order valence-electron chi connectivity index (χ1n) is 6.56. The molecule has 0 atom stereocenters. The van der Waals surface area contributed by atoms with Gasteiger partial charge in [0, 0.05) is 22.4 Å². The van der Waals surface area contributed by atoms with E-state index in [1.807, 2.05) is 18.2 Å². The maximum absolute atomic E-state index is 13.5. The van der Waals surface area contributed by atoms with Crippen LogP contribution in [0.1, 0.15) is 0 Å². The smallest absolute Gasteiger partial charge is 0.344 e. The third kappa shape index (κ3) is 1.79. The van der Waals surface area contributed by atoms with Gasteiger partial charge in [0.15, 0.2) is 11.6 Å². The predicted molar refractivity (Wildman–Crippen MR) is 79.3 cm³/mol. The van der Waals surface area contributed by atoms with Gasteiger partial charge in [0.25, 0.3) is 0 Å². The Balaban J connectivity index is 2.04. The molecular weight excluding hydrogens is 287 g/mol. The molecule has 4 aromatic rings. The third-order valence-corrected chi connectivity index (χ3v) is 3.57. The predicted octanol–water partition coefficient (Wildman–Crippen LogP) is 4.05. The Morgan fingerprint density at radius 3 is 2.68 bits per heavy atom. The standard InChI is InChI=1S/C17H9FO4/c18-13-6-9-5-11(17(20)22-16(9)7-14(13)19)12-8-21-15-4-2-1-3-10(12)15/h1-8,19H. The highest BCUT2D eigenvalue weighted by Gasteiger charge is 2.15. The molecule has 0 unspecified atom stereocenters. The average Bonchev–Trinajstić information content (AvgIpc) is 2.92. The summed E-state index contributed by atoms with van der Waals surface area (Å²) < 4.78 is 24.1. The van der Waals surface area contributed by atoms with E-state index in [-0.39, 0.29) is 11.1 Å². The molecule has 0 bridgehead atoms. The van der Waals surface area contributed by atoms with Crippen molar-refractivity contribution >= 4 is 21.9 Å². The van der Waals surface area contributed by atoms with Gasteiger partial charge in [-0.15, -0.1) is 0 Å². The molecule has 4 rings (SSSR count). The van der Waals surface area contributed by atoms with Crippen molar-refractivity contribution in [1.82, 2.24) is 0 Å². The van der Waals surface area contributed by atoms with Crippen LogP contribution in [-0.4, -0.2) is 5.11 Å². The SMILES string of the molecule is O=c1oc2cc(O)c(F)cc2cc1-c1coc2ccccc12. The maximum Gasteiger partial charge on any atom is 0.344 e. The summed E-state index contributed by atoms with van der Waals surface area (Å²) in [5.74, 6) is -1.33. The van der Waals surface area contributed by atoms with E-state index in [0.717, 1.165) is 17.5 Å². The van der Waals surface area contributed by atoms with Crippen LogP contribution < -0.4 is 5.63 Å². The lowest BCUT2D eigenvalue weighted by atomic mass is 10.0. The van der Waals surface area contributed by atoms with Gasteiger partial charge in [-0.2, -0.15) is 0 Å². The van der Waals surface area contributed by atoms with Crippen LogP contribution in [0.3, 0.4) is 0 Å². The quantitative estimate of drug-likeness (QED) is 0.538. The van der Waals surface area contributed by atoms with Crippen molar-refractivity contribution in [2.24, 2.45) is 0 Å². The molecule has 22 heavy (non-hydrogen) atoms. The Hall–Kier alpha value is -3.08. The van der Waals surface area contributed by atoms with Gasteiger partial charge in [0.05, 0.1) is 11.8 Å². The highest BCUT2D eigenvalue weighted by Crippen LogP contribution is 2.31. The average molecular weight is 296 g/mol. The number of furan rings is 1. The summed E-state index contributed by atoms with van der Waals surface area (Å²) in [5.41, 5.74) is 1.06. The molecule has 0 fully saturated rings. The zero-order valence-electron chi connectivity index (χ0n) is 11.2. The fourth-order valence-electron chi connectivity index (χ4n) is 2.50. The van der Waals surface area contributed by atoms with E-state index in [1.165, 1.54) is 12.3 Å². The Labute approximate surface area is 123 Å². The van der Waals surface area contributed by atoms with Gasteiger partial charge in [-0.3, -0.25) is 0 Å². The molecule has 0 saturated carbocycles. The molecule has 5 heteroatoms. The van der Waals surface area contributed by atoms with Crippen LogP contribution in [0.5, 0.6) is 5.75 Å². The van der Waals surface area contributed by atoms with E-state index in [1.54, 1.807) is 6.07 Å². The number of benzene rings is 2. The Bertz CT molecular complexity index is 1080. The van der Waals surface area contributed by atoms with Crippen molar-refractivity contribution < 1.29 is 18.3 Å². The van der Waals surface area contributed by atoms with Crippen LogP contribution in [0.2, 0.25) is 0 Å². The monoisotopic (exact) mass is 296 g/mol. The van der Waals surface area contributed by atoms with Crippen LogP contribution in [-0.2, 0) is 0 Å². The summed E-state index contributed by atoms with van der Waals surface area (Å²) in [6.45, 7) is 0. The largest absolute Gasteiger partial charge is 0.505 e. The molecule has 0 radical (unpaired) electrons. The number of hydrogen-bond donors (Lipinski definition) is 1. The number of phenolic OH excluding ortho intramolecular Hbond substituents is 1. The van der Waals surface area contributed by atoms with E-state index in [2.05, 4.69) is 0 Å². The van der Waals surface area contributed by atoms with Crippen LogP contribution in [0.25, 0.3) is 33.1 Å². The van der Waals surface area contributed by atoms with Gasteiger partial charge in [-0.05, 0) is 18.2 Å². The minimum Gasteiger partial charge on any atom is -0.505 e. The van der Waals surface area contributed by atoms with Gasteiger partial charge < -0.3 is 13.9 Å². The molecule has 0 aliphatic carbocycles. The molecule has 2 aromatic carbocycles. The third-order valence-electron chi connectivity index (χ3n) is 3.57. The number of aromatic hydroxyl groups is 1. The molecule has 4 nitrogen and oxygen atoms in total. The van der Waals surface area contributed by atoms with Crippen molar-refractivity contribution in [2.45, 2.75) is 0 Å². The topological polar surface area (TPSA) is 63.6 Å². The van der Waals surface area contributed by atoms with Crippen molar-refractivity contribution in [3.05, 3.63) is 65.0 Å². The van der Waals surface area contributed by atoms with Crippen molar-refractivity contribution in [3.8, 4) is 16.9 Å². The Morgan fingerprint density at radius 2 is 1.82 bits per heavy atom. The fraction of sp³-hybridized carbons (Fsp3) is 0. The first-order valence-corrected chi connectivity index (χ1v) is 6.56. The first-order chi connectivity index (χ1) is 10.6. The van der Waals surface area contributed by atoms with E-state index in [0.29, 0.717) is 16.5 Å². The number of para-hydroxylation sites is 1. The lowest BCUT2D eigenvalue weighted by Crippen LogP contribution is -2.02.